The van der Waals surface area contributed by atoms with Crippen LogP contribution >= 0.6 is 11.8 Å². The molecule has 0 aliphatic carbocycles. The molecule has 0 bridgehead atoms. The van der Waals surface area contributed by atoms with Crippen LogP contribution in [0.25, 0.3) is 0 Å². The Morgan fingerprint density at radius 3 is 2.94 bits per heavy atom. The van der Waals surface area contributed by atoms with Crippen molar-refractivity contribution in [2.24, 2.45) is 5.92 Å². The van der Waals surface area contributed by atoms with Crippen molar-refractivity contribution in [3.05, 3.63) is 12.4 Å². The van der Waals surface area contributed by atoms with E-state index in [1.807, 2.05) is 24.8 Å². The number of nitrogens with zero attached hydrogens (tertiary/aromatic N) is 3. The Morgan fingerprint density at radius 2 is 2.22 bits per heavy atom. The van der Waals surface area contributed by atoms with Crippen LogP contribution in [-0.2, 0) is 0 Å². The zero-order valence-electron chi connectivity index (χ0n) is 10.7. The summed E-state index contributed by atoms with van der Waals surface area (Å²) in [4.78, 5) is 10.8. The van der Waals surface area contributed by atoms with Crippen molar-refractivity contribution in [2.75, 3.05) is 48.0 Å². The third-order valence-corrected chi connectivity index (χ3v) is 3.87. The van der Waals surface area contributed by atoms with Crippen LogP contribution in [0, 0.1) is 5.92 Å². The molecule has 0 saturated carbocycles. The van der Waals surface area contributed by atoms with Gasteiger partial charge in [0, 0.05) is 43.8 Å². The SMILES string of the molecule is CC(CO)CNc1cc(N2CCSCC2)ncn1. The fourth-order valence-electron chi connectivity index (χ4n) is 1.75. The molecular weight excluding hydrogens is 248 g/mol. The normalized spacial score (nSPS) is 17.6. The standard InChI is InChI=1S/C12H20N4OS/c1-10(8-17)7-13-11-6-12(15-9-14-11)16-2-4-18-5-3-16/h6,9-10,17H,2-5,7-8H2,1H3,(H,13,14,15). The van der Waals surface area contributed by atoms with Crippen molar-refractivity contribution in [1.29, 1.82) is 0 Å². The van der Waals surface area contributed by atoms with Gasteiger partial charge in [-0.3, -0.25) is 0 Å². The molecule has 5 nitrogen and oxygen atoms in total. The summed E-state index contributed by atoms with van der Waals surface area (Å²) >= 11 is 1.99. The second kappa shape index (κ2) is 6.80. The maximum Gasteiger partial charge on any atom is 0.134 e. The van der Waals surface area contributed by atoms with Gasteiger partial charge in [-0.05, 0) is 5.92 Å². The molecule has 1 unspecified atom stereocenters. The molecule has 0 aromatic carbocycles. The number of rotatable bonds is 5. The van der Waals surface area contributed by atoms with Crippen LogP contribution in [0.3, 0.4) is 0 Å². The van der Waals surface area contributed by atoms with Gasteiger partial charge < -0.3 is 15.3 Å². The molecule has 0 spiro atoms. The number of anilines is 2. The van der Waals surface area contributed by atoms with Gasteiger partial charge in [-0.15, -0.1) is 0 Å². The molecule has 0 radical (unpaired) electrons. The van der Waals surface area contributed by atoms with E-state index >= 15 is 0 Å². The Kier molecular flexibility index (Phi) is 5.07. The van der Waals surface area contributed by atoms with Crippen molar-refractivity contribution in [2.45, 2.75) is 6.92 Å². The lowest BCUT2D eigenvalue weighted by Gasteiger charge is -2.27. The molecule has 1 aromatic rings. The zero-order chi connectivity index (χ0) is 12.8. The highest BCUT2D eigenvalue weighted by Gasteiger charge is 2.13. The van der Waals surface area contributed by atoms with Crippen LogP contribution in [0.4, 0.5) is 11.6 Å². The monoisotopic (exact) mass is 268 g/mol. The molecule has 2 N–H and O–H groups in total. The van der Waals surface area contributed by atoms with Crippen LogP contribution in [-0.4, -0.2) is 52.8 Å². The molecule has 1 aliphatic heterocycles. The van der Waals surface area contributed by atoms with Crippen molar-refractivity contribution in [3.8, 4) is 0 Å². The van der Waals surface area contributed by atoms with Crippen LogP contribution in [0.15, 0.2) is 12.4 Å². The molecule has 1 fully saturated rings. The van der Waals surface area contributed by atoms with Crippen LogP contribution in [0.5, 0.6) is 0 Å². The smallest absolute Gasteiger partial charge is 0.134 e. The summed E-state index contributed by atoms with van der Waals surface area (Å²) in [7, 11) is 0. The van der Waals surface area contributed by atoms with Gasteiger partial charge in [0.2, 0.25) is 0 Å². The molecule has 2 heterocycles. The number of aliphatic hydroxyl groups is 1. The summed E-state index contributed by atoms with van der Waals surface area (Å²) in [5, 5.41) is 12.2. The number of nitrogens with one attached hydrogen (secondary N) is 1. The summed E-state index contributed by atoms with van der Waals surface area (Å²) in [6.45, 7) is 5.01. The third kappa shape index (κ3) is 3.74. The molecule has 18 heavy (non-hydrogen) atoms. The lowest BCUT2D eigenvalue weighted by molar-refractivity contribution is 0.244. The first kappa shape index (κ1) is 13.4. The van der Waals surface area contributed by atoms with Crippen molar-refractivity contribution >= 4 is 23.4 Å². The largest absolute Gasteiger partial charge is 0.396 e. The summed E-state index contributed by atoms with van der Waals surface area (Å²) in [6, 6.07) is 1.99. The molecule has 2 rings (SSSR count). The van der Waals surface area contributed by atoms with E-state index in [-0.39, 0.29) is 12.5 Å². The van der Waals surface area contributed by atoms with Crippen molar-refractivity contribution in [3.63, 3.8) is 0 Å². The Bertz CT molecular complexity index is 371. The molecule has 1 saturated heterocycles. The molecule has 100 valence electrons. The van der Waals surface area contributed by atoms with Gasteiger partial charge in [-0.1, -0.05) is 6.92 Å². The highest BCUT2D eigenvalue weighted by molar-refractivity contribution is 7.99. The molecule has 1 aromatic heterocycles. The second-order valence-corrected chi connectivity index (χ2v) is 5.75. The number of aromatic nitrogens is 2. The predicted molar refractivity (Wildman–Crippen MR) is 76.3 cm³/mol. The van der Waals surface area contributed by atoms with E-state index in [4.69, 9.17) is 5.11 Å². The topological polar surface area (TPSA) is 61.3 Å². The van der Waals surface area contributed by atoms with E-state index in [1.54, 1.807) is 6.33 Å². The lowest BCUT2D eigenvalue weighted by Crippen LogP contribution is -2.33. The summed E-state index contributed by atoms with van der Waals surface area (Å²) in [6.07, 6.45) is 1.60. The highest BCUT2D eigenvalue weighted by atomic mass is 32.2. The zero-order valence-corrected chi connectivity index (χ0v) is 11.5. The van der Waals surface area contributed by atoms with Gasteiger partial charge in [0.1, 0.15) is 18.0 Å². The fourth-order valence-corrected chi connectivity index (χ4v) is 2.66. The van der Waals surface area contributed by atoms with E-state index in [0.717, 1.165) is 42.8 Å². The minimum Gasteiger partial charge on any atom is -0.396 e. The molecular formula is C12H20N4OS. The summed E-state index contributed by atoms with van der Waals surface area (Å²) < 4.78 is 0. The van der Waals surface area contributed by atoms with Gasteiger partial charge in [0.25, 0.3) is 0 Å². The predicted octanol–water partition coefficient (Wildman–Crippen LogP) is 1.07. The minimum atomic E-state index is 0.189. The van der Waals surface area contributed by atoms with Crippen molar-refractivity contribution in [1.82, 2.24) is 9.97 Å². The average Bonchev–Trinajstić information content (AvgIpc) is 2.46. The molecule has 6 heteroatoms. The van der Waals surface area contributed by atoms with E-state index in [0.29, 0.717) is 0 Å². The quantitative estimate of drug-likeness (QED) is 0.833. The highest BCUT2D eigenvalue weighted by Crippen LogP contribution is 2.18. The van der Waals surface area contributed by atoms with Gasteiger partial charge in [0.05, 0.1) is 0 Å². The average molecular weight is 268 g/mol. The van der Waals surface area contributed by atoms with E-state index in [1.165, 1.54) is 0 Å². The summed E-state index contributed by atoms with van der Waals surface area (Å²) in [5.41, 5.74) is 0. The number of hydrogen-bond acceptors (Lipinski definition) is 6. The second-order valence-electron chi connectivity index (χ2n) is 4.53. The first-order valence-electron chi connectivity index (χ1n) is 6.29. The fraction of sp³-hybridized carbons (Fsp3) is 0.667. The van der Waals surface area contributed by atoms with Crippen LogP contribution in [0.2, 0.25) is 0 Å². The van der Waals surface area contributed by atoms with Crippen molar-refractivity contribution < 1.29 is 5.11 Å². The summed E-state index contributed by atoms with van der Waals surface area (Å²) in [5.74, 6) is 4.38. The van der Waals surface area contributed by atoms with E-state index in [2.05, 4.69) is 20.2 Å². The Balaban J connectivity index is 1.96. The van der Waals surface area contributed by atoms with E-state index < -0.39 is 0 Å². The third-order valence-electron chi connectivity index (χ3n) is 2.93. The van der Waals surface area contributed by atoms with E-state index in [9.17, 15) is 0 Å². The Hall–Kier alpha value is -1.01. The molecule has 1 aliphatic rings. The number of aliphatic hydroxyl groups excluding tert-OH is 1. The molecule has 0 amide bonds. The van der Waals surface area contributed by atoms with Gasteiger partial charge >= 0.3 is 0 Å². The minimum absolute atomic E-state index is 0.189. The van der Waals surface area contributed by atoms with Crippen LogP contribution < -0.4 is 10.2 Å². The van der Waals surface area contributed by atoms with Gasteiger partial charge in [0.15, 0.2) is 0 Å². The van der Waals surface area contributed by atoms with Gasteiger partial charge in [-0.2, -0.15) is 11.8 Å². The first-order chi connectivity index (χ1) is 8.79. The van der Waals surface area contributed by atoms with Crippen LogP contribution in [0.1, 0.15) is 6.92 Å². The Morgan fingerprint density at radius 1 is 1.44 bits per heavy atom. The molecule has 1 atom stereocenters. The lowest BCUT2D eigenvalue weighted by atomic mass is 10.2. The number of hydrogen-bond donors (Lipinski definition) is 2. The first-order valence-corrected chi connectivity index (χ1v) is 7.44. The van der Waals surface area contributed by atoms with Gasteiger partial charge in [-0.25, -0.2) is 9.97 Å². The number of thioether (sulfide) groups is 1. The maximum atomic E-state index is 8.99. The maximum absolute atomic E-state index is 8.99. The Labute approximate surface area is 112 Å².